The molecule has 0 nitrogen and oxygen atoms in total. The van der Waals surface area contributed by atoms with Crippen LogP contribution in [0.4, 0.5) is 13.2 Å². The Hall–Kier alpha value is -0.990. The SMILES string of the molecule is C=C/C(=C\C=C(/C)C(F)(F)F)CC. The molecular weight excluding hydrogens is 177 g/mol. The van der Waals surface area contributed by atoms with Gasteiger partial charge in [0, 0.05) is 5.57 Å². The Morgan fingerprint density at radius 2 is 1.85 bits per heavy atom. The molecule has 0 bridgehead atoms. The number of hydrogen-bond acceptors (Lipinski definition) is 0. The summed E-state index contributed by atoms with van der Waals surface area (Å²) in [6, 6.07) is 0. The quantitative estimate of drug-likeness (QED) is 0.589. The highest BCUT2D eigenvalue weighted by Crippen LogP contribution is 2.24. The zero-order valence-corrected chi connectivity index (χ0v) is 7.78. The van der Waals surface area contributed by atoms with Crippen molar-refractivity contribution < 1.29 is 13.2 Å². The van der Waals surface area contributed by atoms with Gasteiger partial charge in [0.25, 0.3) is 0 Å². The van der Waals surface area contributed by atoms with Crippen molar-refractivity contribution in [1.82, 2.24) is 0 Å². The van der Waals surface area contributed by atoms with E-state index < -0.39 is 11.7 Å². The lowest BCUT2D eigenvalue weighted by Gasteiger charge is -2.04. The lowest BCUT2D eigenvalue weighted by Crippen LogP contribution is -2.08. The fraction of sp³-hybridized carbons (Fsp3) is 0.400. The highest BCUT2D eigenvalue weighted by molar-refractivity contribution is 5.25. The minimum Gasteiger partial charge on any atom is -0.166 e. The Morgan fingerprint density at radius 1 is 1.31 bits per heavy atom. The Labute approximate surface area is 76.5 Å². The number of alkyl halides is 3. The van der Waals surface area contributed by atoms with Crippen LogP contribution in [0.2, 0.25) is 0 Å². The maximum Gasteiger partial charge on any atom is 0.412 e. The zero-order valence-electron chi connectivity index (χ0n) is 7.78. The third kappa shape index (κ3) is 4.55. The summed E-state index contributed by atoms with van der Waals surface area (Å²) >= 11 is 0. The second kappa shape index (κ2) is 4.90. The average molecular weight is 190 g/mol. The summed E-state index contributed by atoms with van der Waals surface area (Å²) in [5, 5.41) is 0. The minimum absolute atomic E-state index is 0.597. The van der Waals surface area contributed by atoms with Crippen molar-refractivity contribution in [3.8, 4) is 0 Å². The van der Waals surface area contributed by atoms with E-state index in [0.29, 0.717) is 6.42 Å². The first-order valence-corrected chi connectivity index (χ1v) is 3.99. The molecule has 0 atom stereocenters. The molecule has 74 valence electrons. The highest BCUT2D eigenvalue weighted by Gasteiger charge is 2.29. The molecule has 0 saturated heterocycles. The van der Waals surface area contributed by atoms with E-state index in [-0.39, 0.29) is 0 Å². The van der Waals surface area contributed by atoms with Gasteiger partial charge < -0.3 is 0 Å². The molecule has 0 spiro atoms. The predicted octanol–water partition coefficient (Wildman–Crippen LogP) is 4.02. The van der Waals surface area contributed by atoms with E-state index in [2.05, 4.69) is 6.58 Å². The molecule has 0 radical (unpaired) electrons. The zero-order chi connectivity index (χ0) is 10.5. The minimum atomic E-state index is -4.23. The van der Waals surface area contributed by atoms with E-state index in [0.717, 1.165) is 18.6 Å². The van der Waals surface area contributed by atoms with Crippen LogP contribution < -0.4 is 0 Å². The molecule has 0 N–H and O–H groups in total. The van der Waals surface area contributed by atoms with Gasteiger partial charge in [-0.1, -0.05) is 31.7 Å². The molecule has 0 amide bonds. The first-order chi connectivity index (χ1) is 5.91. The molecule has 0 aliphatic carbocycles. The summed E-state index contributed by atoms with van der Waals surface area (Å²) in [6.07, 6.45) is 0.526. The molecule has 13 heavy (non-hydrogen) atoms. The molecule has 0 aromatic carbocycles. The van der Waals surface area contributed by atoms with E-state index in [1.165, 1.54) is 6.08 Å². The van der Waals surface area contributed by atoms with Gasteiger partial charge >= 0.3 is 6.18 Å². The fourth-order valence-corrected chi connectivity index (χ4v) is 0.657. The van der Waals surface area contributed by atoms with Crippen molar-refractivity contribution in [1.29, 1.82) is 0 Å². The van der Waals surface area contributed by atoms with Crippen molar-refractivity contribution in [2.24, 2.45) is 0 Å². The van der Waals surface area contributed by atoms with Gasteiger partial charge in [0.05, 0.1) is 0 Å². The first kappa shape index (κ1) is 12.0. The second-order valence-electron chi connectivity index (χ2n) is 2.65. The maximum atomic E-state index is 12.0. The van der Waals surface area contributed by atoms with E-state index in [1.54, 1.807) is 6.08 Å². The molecule has 3 heteroatoms. The van der Waals surface area contributed by atoms with Gasteiger partial charge in [0.1, 0.15) is 0 Å². The van der Waals surface area contributed by atoms with Crippen molar-refractivity contribution in [3.05, 3.63) is 36.0 Å². The van der Waals surface area contributed by atoms with E-state index in [9.17, 15) is 13.2 Å². The molecule has 0 aliphatic rings. The number of hydrogen-bond donors (Lipinski definition) is 0. The summed E-state index contributed by atoms with van der Waals surface area (Å²) < 4.78 is 36.0. The molecule has 0 fully saturated rings. The van der Waals surface area contributed by atoms with Gasteiger partial charge in [-0.15, -0.1) is 0 Å². The van der Waals surface area contributed by atoms with Gasteiger partial charge in [-0.25, -0.2) is 0 Å². The van der Waals surface area contributed by atoms with Crippen molar-refractivity contribution in [2.45, 2.75) is 26.4 Å². The maximum absolute atomic E-state index is 12.0. The van der Waals surface area contributed by atoms with Gasteiger partial charge in [0.15, 0.2) is 0 Å². The Bertz CT molecular complexity index is 231. The summed E-state index contributed by atoms with van der Waals surface area (Å²) in [5.74, 6) is 0. The normalized spacial score (nSPS) is 14.5. The smallest absolute Gasteiger partial charge is 0.166 e. The van der Waals surface area contributed by atoms with Crippen LogP contribution in [0, 0.1) is 0 Å². The molecule has 0 aromatic rings. The number of allylic oxidation sites excluding steroid dienone is 5. The van der Waals surface area contributed by atoms with Crippen LogP contribution in [0.15, 0.2) is 36.0 Å². The predicted molar refractivity (Wildman–Crippen MR) is 48.4 cm³/mol. The number of halogens is 3. The summed E-state index contributed by atoms with van der Waals surface area (Å²) in [7, 11) is 0. The van der Waals surface area contributed by atoms with Crippen molar-refractivity contribution >= 4 is 0 Å². The molecule has 0 rings (SSSR count). The molecule has 0 aliphatic heterocycles. The van der Waals surface area contributed by atoms with E-state index in [1.807, 2.05) is 6.92 Å². The van der Waals surface area contributed by atoms with E-state index in [4.69, 9.17) is 0 Å². The summed E-state index contributed by atoms with van der Waals surface area (Å²) in [5.41, 5.74) is 0.198. The van der Waals surface area contributed by atoms with Crippen LogP contribution in [0.5, 0.6) is 0 Å². The van der Waals surface area contributed by atoms with Gasteiger partial charge in [-0.2, -0.15) is 13.2 Å². The van der Waals surface area contributed by atoms with Crippen LogP contribution in [0.25, 0.3) is 0 Å². The standard InChI is InChI=1S/C10H13F3/c1-4-9(5-2)7-6-8(3)10(11,12)13/h4,6-7H,1,5H2,2-3H3/b8-6+,9-7+. The first-order valence-electron chi connectivity index (χ1n) is 3.99. The summed E-state index contributed by atoms with van der Waals surface area (Å²) in [4.78, 5) is 0. The topological polar surface area (TPSA) is 0 Å². The van der Waals surface area contributed by atoms with Crippen LogP contribution in [0.3, 0.4) is 0 Å². The number of rotatable bonds is 3. The fourth-order valence-electron chi connectivity index (χ4n) is 0.657. The molecular formula is C10H13F3. The molecule has 0 saturated carbocycles. The van der Waals surface area contributed by atoms with Crippen molar-refractivity contribution in [3.63, 3.8) is 0 Å². The van der Waals surface area contributed by atoms with Gasteiger partial charge in [-0.05, 0) is 18.9 Å². The van der Waals surface area contributed by atoms with Crippen molar-refractivity contribution in [2.75, 3.05) is 0 Å². The molecule has 0 aromatic heterocycles. The lowest BCUT2D eigenvalue weighted by atomic mass is 10.1. The third-order valence-electron chi connectivity index (χ3n) is 1.66. The summed E-state index contributed by atoms with van der Waals surface area (Å²) in [6.45, 7) is 6.41. The second-order valence-corrected chi connectivity index (χ2v) is 2.65. The lowest BCUT2D eigenvalue weighted by molar-refractivity contribution is -0.0912. The van der Waals surface area contributed by atoms with Crippen LogP contribution in [0.1, 0.15) is 20.3 Å². The third-order valence-corrected chi connectivity index (χ3v) is 1.66. The Morgan fingerprint density at radius 3 is 2.15 bits per heavy atom. The average Bonchev–Trinajstić information content (AvgIpc) is 2.04. The van der Waals surface area contributed by atoms with Gasteiger partial charge in [-0.3, -0.25) is 0 Å². The highest BCUT2D eigenvalue weighted by atomic mass is 19.4. The van der Waals surface area contributed by atoms with Crippen LogP contribution >= 0.6 is 0 Å². The van der Waals surface area contributed by atoms with E-state index >= 15 is 0 Å². The van der Waals surface area contributed by atoms with Crippen LogP contribution in [-0.4, -0.2) is 6.18 Å². The molecule has 0 unspecified atom stereocenters. The monoisotopic (exact) mass is 190 g/mol. The Kier molecular flexibility index (Phi) is 4.52. The van der Waals surface area contributed by atoms with Gasteiger partial charge in [0.2, 0.25) is 0 Å². The van der Waals surface area contributed by atoms with Crippen LogP contribution in [-0.2, 0) is 0 Å². The largest absolute Gasteiger partial charge is 0.412 e. The molecule has 0 heterocycles. The Balaban J connectivity index is 4.58.